The summed E-state index contributed by atoms with van der Waals surface area (Å²) in [7, 11) is 1.19. The smallest absolute Gasteiger partial charge is 0.277 e. The average molecular weight is 419 g/mol. The first-order chi connectivity index (χ1) is 14.3. The van der Waals surface area contributed by atoms with Crippen molar-refractivity contribution in [3.63, 3.8) is 0 Å². The topological polar surface area (TPSA) is 136 Å². The molecule has 3 aromatic rings. The van der Waals surface area contributed by atoms with Crippen molar-refractivity contribution in [3.8, 4) is 0 Å². The van der Waals surface area contributed by atoms with Crippen LogP contribution in [0.5, 0.6) is 0 Å². The van der Waals surface area contributed by atoms with Crippen molar-refractivity contribution in [3.05, 3.63) is 53.0 Å². The van der Waals surface area contributed by atoms with Gasteiger partial charge in [0.1, 0.15) is 23.5 Å². The quantitative estimate of drug-likeness (QED) is 0.272. The molecule has 2 amide bonds. The Balaban J connectivity index is 2.15. The van der Waals surface area contributed by atoms with Gasteiger partial charge in [0.05, 0.1) is 23.9 Å². The molecule has 0 unspecified atom stereocenters. The van der Waals surface area contributed by atoms with Crippen LogP contribution in [0.1, 0.15) is 46.0 Å². The molecular weight excluding hydrogens is 400 g/mol. The van der Waals surface area contributed by atoms with E-state index in [1.807, 2.05) is 19.3 Å². The molecule has 0 saturated heterocycles. The molecule has 1 aromatic carbocycles. The second kappa shape index (κ2) is 8.39. The summed E-state index contributed by atoms with van der Waals surface area (Å²) < 4.78 is 29.8. The minimum absolute atomic E-state index is 0.144. The van der Waals surface area contributed by atoms with Crippen LogP contribution in [0, 0.1) is 11.6 Å². The molecule has 10 nitrogen and oxygen atoms in total. The van der Waals surface area contributed by atoms with Gasteiger partial charge in [-0.1, -0.05) is 13.8 Å². The number of rotatable bonds is 6. The van der Waals surface area contributed by atoms with Gasteiger partial charge in [0.2, 0.25) is 0 Å². The normalized spacial score (nSPS) is 11.0. The Labute approximate surface area is 169 Å². The van der Waals surface area contributed by atoms with Crippen LogP contribution in [0.4, 0.5) is 20.3 Å². The molecule has 0 atom stereocenters. The lowest BCUT2D eigenvalue weighted by Crippen LogP contribution is -2.30. The molecule has 0 aliphatic rings. The highest BCUT2D eigenvalue weighted by Crippen LogP contribution is 2.32. The van der Waals surface area contributed by atoms with Crippen molar-refractivity contribution in [2.24, 2.45) is 5.84 Å². The molecule has 2 aromatic heterocycles. The van der Waals surface area contributed by atoms with E-state index in [0.717, 1.165) is 6.07 Å². The number of anilines is 2. The Morgan fingerprint density at radius 3 is 2.53 bits per heavy atom. The maximum atomic E-state index is 14.4. The standard InChI is InChI=1S/C18H19F2N7O3/c1-8(2)14-10(17(28)25-21)6-27-15(14)16(22-7-23-27)24-13-4-9(18(29)26-30-3)11(19)5-12(13)20/h4-8H,21H2,1-3H3,(H,25,28)(H,26,29)(H,22,23,24). The van der Waals surface area contributed by atoms with Gasteiger partial charge in [-0.25, -0.2) is 29.6 Å². The average Bonchev–Trinajstić information content (AvgIpc) is 3.10. The Kier molecular flexibility index (Phi) is 5.89. The SMILES string of the molecule is CONC(=O)c1cc(Nc2ncnn3cc(C(=O)NN)c(C(C)C)c23)c(F)cc1F. The van der Waals surface area contributed by atoms with Gasteiger partial charge in [-0.05, 0) is 17.5 Å². The molecule has 0 spiro atoms. The Hall–Kier alpha value is -3.64. The fraction of sp³-hybridized carbons (Fsp3) is 0.222. The number of halogens is 2. The largest absolute Gasteiger partial charge is 0.336 e. The van der Waals surface area contributed by atoms with E-state index in [2.05, 4.69) is 25.7 Å². The first-order valence-electron chi connectivity index (χ1n) is 8.75. The number of fused-ring (bicyclic) bond motifs is 1. The number of hydrazine groups is 1. The van der Waals surface area contributed by atoms with E-state index in [-0.39, 0.29) is 23.0 Å². The third-order valence-electron chi connectivity index (χ3n) is 4.32. The lowest BCUT2D eigenvalue weighted by atomic mass is 9.99. The summed E-state index contributed by atoms with van der Waals surface area (Å²) in [5.74, 6) is 1.84. The van der Waals surface area contributed by atoms with Crippen molar-refractivity contribution in [2.45, 2.75) is 19.8 Å². The third kappa shape index (κ3) is 3.77. The summed E-state index contributed by atoms with van der Waals surface area (Å²) in [6, 6.07) is 1.56. The van der Waals surface area contributed by atoms with Gasteiger partial charge in [0, 0.05) is 12.3 Å². The van der Waals surface area contributed by atoms with E-state index in [1.165, 1.54) is 24.1 Å². The predicted molar refractivity (Wildman–Crippen MR) is 103 cm³/mol. The zero-order chi connectivity index (χ0) is 22.0. The van der Waals surface area contributed by atoms with E-state index < -0.39 is 29.0 Å². The highest BCUT2D eigenvalue weighted by atomic mass is 19.1. The van der Waals surface area contributed by atoms with E-state index in [4.69, 9.17) is 5.84 Å². The Morgan fingerprint density at radius 1 is 1.17 bits per heavy atom. The zero-order valence-electron chi connectivity index (χ0n) is 16.3. The fourth-order valence-corrected chi connectivity index (χ4v) is 3.06. The van der Waals surface area contributed by atoms with Crippen LogP contribution < -0.4 is 22.1 Å². The van der Waals surface area contributed by atoms with E-state index >= 15 is 0 Å². The number of aromatic nitrogens is 3. The summed E-state index contributed by atoms with van der Waals surface area (Å²) in [4.78, 5) is 32.7. The second-order valence-electron chi connectivity index (χ2n) is 6.56. The van der Waals surface area contributed by atoms with Crippen LogP contribution in [-0.4, -0.2) is 33.5 Å². The van der Waals surface area contributed by atoms with Gasteiger partial charge in [0.25, 0.3) is 11.8 Å². The van der Waals surface area contributed by atoms with Gasteiger partial charge >= 0.3 is 0 Å². The van der Waals surface area contributed by atoms with Crippen molar-refractivity contribution < 1.29 is 23.2 Å². The first-order valence-corrected chi connectivity index (χ1v) is 8.75. The molecule has 0 bridgehead atoms. The summed E-state index contributed by atoms with van der Waals surface area (Å²) in [5.41, 5.74) is 4.65. The molecule has 0 fully saturated rings. The molecule has 0 aliphatic heterocycles. The number of carbonyl (C=O) groups excluding carboxylic acids is 2. The number of nitrogens with one attached hydrogen (secondary N) is 3. The number of nitrogen functional groups attached to an aromatic ring is 1. The maximum Gasteiger partial charge on any atom is 0.277 e. The van der Waals surface area contributed by atoms with Crippen molar-refractivity contribution in [2.75, 3.05) is 12.4 Å². The number of hydrogen-bond donors (Lipinski definition) is 4. The highest BCUT2D eigenvalue weighted by Gasteiger charge is 2.23. The zero-order valence-corrected chi connectivity index (χ0v) is 16.3. The second-order valence-corrected chi connectivity index (χ2v) is 6.56. The molecule has 5 N–H and O–H groups in total. The van der Waals surface area contributed by atoms with Crippen LogP contribution in [0.25, 0.3) is 5.52 Å². The summed E-state index contributed by atoms with van der Waals surface area (Å²) >= 11 is 0. The molecule has 158 valence electrons. The maximum absolute atomic E-state index is 14.4. The molecule has 0 radical (unpaired) electrons. The molecule has 0 aliphatic carbocycles. The van der Waals surface area contributed by atoms with Gasteiger partial charge in [-0.15, -0.1) is 0 Å². The molecule has 3 rings (SSSR count). The number of nitrogens with zero attached hydrogens (tertiary/aromatic N) is 3. The lowest BCUT2D eigenvalue weighted by Gasteiger charge is -2.13. The van der Waals surface area contributed by atoms with Crippen LogP contribution in [0.15, 0.2) is 24.7 Å². The van der Waals surface area contributed by atoms with Gasteiger partial charge in [0.15, 0.2) is 5.82 Å². The summed E-state index contributed by atoms with van der Waals surface area (Å²) in [5, 5.41) is 6.83. The Bertz CT molecular complexity index is 1130. The monoisotopic (exact) mass is 419 g/mol. The molecule has 2 heterocycles. The van der Waals surface area contributed by atoms with E-state index in [9.17, 15) is 18.4 Å². The van der Waals surface area contributed by atoms with Crippen LogP contribution in [-0.2, 0) is 4.84 Å². The van der Waals surface area contributed by atoms with E-state index in [1.54, 1.807) is 0 Å². The van der Waals surface area contributed by atoms with Crippen LogP contribution in [0.3, 0.4) is 0 Å². The van der Waals surface area contributed by atoms with Crippen LogP contribution >= 0.6 is 0 Å². The summed E-state index contributed by atoms with van der Waals surface area (Å²) in [6.45, 7) is 3.70. The molecule has 30 heavy (non-hydrogen) atoms. The number of carbonyl (C=O) groups is 2. The molecular formula is C18H19F2N7O3. The number of amides is 2. The third-order valence-corrected chi connectivity index (χ3v) is 4.32. The van der Waals surface area contributed by atoms with Crippen molar-refractivity contribution in [1.29, 1.82) is 0 Å². The van der Waals surface area contributed by atoms with Gasteiger partial charge in [-0.2, -0.15) is 5.10 Å². The minimum Gasteiger partial charge on any atom is -0.336 e. The minimum atomic E-state index is -1.06. The number of hydrogen-bond acceptors (Lipinski definition) is 7. The fourth-order valence-electron chi connectivity index (χ4n) is 3.06. The number of hydroxylamine groups is 1. The Morgan fingerprint density at radius 2 is 1.90 bits per heavy atom. The first kappa shape index (κ1) is 21.1. The van der Waals surface area contributed by atoms with Gasteiger partial charge < -0.3 is 5.32 Å². The highest BCUT2D eigenvalue weighted by molar-refractivity contribution is 5.99. The van der Waals surface area contributed by atoms with Gasteiger partial charge in [-0.3, -0.25) is 19.9 Å². The van der Waals surface area contributed by atoms with Crippen LogP contribution in [0.2, 0.25) is 0 Å². The predicted octanol–water partition coefficient (Wildman–Crippen LogP) is 1.77. The number of benzene rings is 1. The lowest BCUT2D eigenvalue weighted by molar-refractivity contribution is 0.0533. The van der Waals surface area contributed by atoms with Crippen molar-refractivity contribution >= 4 is 28.8 Å². The van der Waals surface area contributed by atoms with E-state index in [0.29, 0.717) is 17.1 Å². The van der Waals surface area contributed by atoms with Crippen molar-refractivity contribution in [1.82, 2.24) is 25.5 Å². The summed E-state index contributed by atoms with van der Waals surface area (Å²) in [6.07, 6.45) is 2.67. The molecule has 12 heteroatoms. The number of nitrogens with two attached hydrogens (primary N) is 1. The molecule has 0 saturated carbocycles.